The maximum atomic E-state index is 8.66. The van der Waals surface area contributed by atoms with Crippen LogP contribution in [0.25, 0.3) is 0 Å². The van der Waals surface area contributed by atoms with E-state index in [0.717, 1.165) is 18.8 Å². The van der Waals surface area contributed by atoms with E-state index in [2.05, 4.69) is 15.0 Å². The van der Waals surface area contributed by atoms with Crippen LogP contribution in [0.4, 0.5) is 5.69 Å². The average Bonchev–Trinajstić information content (AvgIpc) is 2.37. The van der Waals surface area contributed by atoms with E-state index in [0.29, 0.717) is 5.69 Å². The molecule has 1 aromatic heterocycles. The van der Waals surface area contributed by atoms with Gasteiger partial charge in [-0.15, -0.1) is 0 Å². The van der Waals surface area contributed by atoms with E-state index in [1.165, 1.54) is 0 Å². The fourth-order valence-corrected chi connectivity index (χ4v) is 2.20. The summed E-state index contributed by atoms with van der Waals surface area (Å²) in [6.07, 6.45) is 2.04. The number of hydrogen-bond acceptors (Lipinski definition) is 5. The Kier molecular flexibility index (Phi) is 3.66. The Balaban J connectivity index is 2.22. The number of ether oxygens (including phenoxy) is 1. The van der Waals surface area contributed by atoms with E-state index in [1.807, 2.05) is 26.0 Å². The highest BCUT2D eigenvalue weighted by molar-refractivity contribution is 5.95. The predicted octanol–water partition coefficient (Wildman–Crippen LogP) is 0.790. The number of nitrogens with zero attached hydrogens (tertiary/aromatic N) is 3. The third kappa shape index (κ3) is 2.70. The maximum absolute atomic E-state index is 8.66. The molecule has 0 spiro atoms. The summed E-state index contributed by atoms with van der Waals surface area (Å²) in [7, 11) is 0. The molecule has 1 aromatic rings. The molecule has 0 bridgehead atoms. The van der Waals surface area contributed by atoms with E-state index in [1.54, 1.807) is 6.20 Å². The van der Waals surface area contributed by atoms with Crippen molar-refractivity contribution in [3.8, 4) is 0 Å². The van der Waals surface area contributed by atoms with E-state index in [-0.39, 0.29) is 18.0 Å². The first kappa shape index (κ1) is 12.6. The monoisotopic (exact) mass is 250 g/mol. The quantitative estimate of drug-likeness (QED) is 0.351. The van der Waals surface area contributed by atoms with Gasteiger partial charge in [0.25, 0.3) is 0 Å². The first-order valence-electron chi connectivity index (χ1n) is 5.94. The topological polar surface area (TPSA) is 84.0 Å². The Hall–Kier alpha value is -1.82. The van der Waals surface area contributed by atoms with Crippen LogP contribution < -0.4 is 10.6 Å². The number of pyridine rings is 1. The van der Waals surface area contributed by atoms with Crippen LogP contribution in [0, 0.1) is 0 Å². The molecule has 1 aliphatic rings. The number of hydrogen-bond donors (Lipinski definition) is 2. The van der Waals surface area contributed by atoms with Gasteiger partial charge >= 0.3 is 0 Å². The summed E-state index contributed by atoms with van der Waals surface area (Å²) in [6.45, 7) is 5.75. The summed E-state index contributed by atoms with van der Waals surface area (Å²) in [4.78, 5) is 6.29. The lowest BCUT2D eigenvalue weighted by molar-refractivity contribution is -0.00522. The van der Waals surface area contributed by atoms with Crippen molar-refractivity contribution in [1.29, 1.82) is 0 Å². The molecule has 2 unspecified atom stereocenters. The fraction of sp³-hybridized carbons (Fsp3) is 0.500. The number of nitrogens with two attached hydrogens (primary N) is 1. The van der Waals surface area contributed by atoms with E-state index in [9.17, 15) is 0 Å². The molecule has 1 fully saturated rings. The minimum atomic E-state index is 0.0196. The van der Waals surface area contributed by atoms with Crippen LogP contribution in [-0.4, -0.2) is 41.3 Å². The summed E-state index contributed by atoms with van der Waals surface area (Å²) < 4.78 is 5.69. The van der Waals surface area contributed by atoms with E-state index < -0.39 is 0 Å². The number of rotatable bonds is 2. The van der Waals surface area contributed by atoms with Gasteiger partial charge in [0, 0.05) is 25.0 Å². The van der Waals surface area contributed by atoms with Crippen molar-refractivity contribution in [2.24, 2.45) is 10.9 Å². The van der Waals surface area contributed by atoms with Crippen LogP contribution in [0.3, 0.4) is 0 Å². The summed E-state index contributed by atoms with van der Waals surface area (Å²) >= 11 is 0. The highest BCUT2D eigenvalue weighted by atomic mass is 16.5. The van der Waals surface area contributed by atoms with Gasteiger partial charge in [0.05, 0.1) is 12.2 Å². The second-order valence-electron chi connectivity index (χ2n) is 4.55. The summed E-state index contributed by atoms with van der Waals surface area (Å²) in [5.74, 6) is 0.0196. The molecule has 3 N–H and O–H groups in total. The third-order valence-electron chi connectivity index (χ3n) is 2.90. The lowest BCUT2D eigenvalue weighted by Gasteiger charge is -2.36. The third-order valence-corrected chi connectivity index (χ3v) is 2.90. The molecule has 0 saturated carbocycles. The van der Waals surface area contributed by atoms with Gasteiger partial charge in [-0.2, -0.15) is 0 Å². The van der Waals surface area contributed by atoms with Crippen LogP contribution >= 0.6 is 0 Å². The van der Waals surface area contributed by atoms with Gasteiger partial charge in [-0.05, 0) is 26.0 Å². The molecule has 0 amide bonds. The Labute approximate surface area is 106 Å². The lowest BCUT2D eigenvalue weighted by Crippen LogP contribution is -2.45. The molecule has 0 aliphatic carbocycles. The Morgan fingerprint density at radius 1 is 1.50 bits per heavy atom. The minimum Gasteiger partial charge on any atom is -0.409 e. The molecule has 2 rings (SSSR count). The molecule has 0 aromatic carbocycles. The molecule has 98 valence electrons. The van der Waals surface area contributed by atoms with Crippen LogP contribution in [-0.2, 0) is 4.74 Å². The van der Waals surface area contributed by atoms with Gasteiger partial charge in [-0.1, -0.05) is 5.16 Å². The zero-order valence-corrected chi connectivity index (χ0v) is 10.6. The first-order chi connectivity index (χ1) is 8.60. The second-order valence-corrected chi connectivity index (χ2v) is 4.55. The van der Waals surface area contributed by atoms with Gasteiger partial charge < -0.3 is 20.6 Å². The zero-order valence-electron chi connectivity index (χ0n) is 10.6. The van der Waals surface area contributed by atoms with Crippen LogP contribution in [0.2, 0.25) is 0 Å². The van der Waals surface area contributed by atoms with Crippen LogP contribution in [0.1, 0.15) is 19.5 Å². The molecular weight excluding hydrogens is 232 g/mol. The molecular formula is C12H18N4O2. The molecule has 2 heterocycles. The summed E-state index contributed by atoms with van der Waals surface area (Å²) in [5.41, 5.74) is 7.02. The lowest BCUT2D eigenvalue weighted by atomic mass is 10.2. The SMILES string of the molecule is CC1CN(c2ccnc(C(N)=NO)c2)CC(C)O1. The molecule has 0 radical (unpaired) electrons. The highest BCUT2D eigenvalue weighted by Gasteiger charge is 2.22. The van der Waals surface area contributed by atoms with Crippen molar-refractivity contribution >= 4 is 11.5 Å². The molecule has 1 aliphatic heterocycles. The smallest absolute Gasteiger partial charge is 0.188 e. The highest BCUT2D eigenvalue weighted by Crippen LogP contribution is 2.20. The molecule has 2 atom stereocenters. The number of anilines is 1. The standard InChI is InChI=1S/C12H18N4O2/c1-8-6-16(7-9(2)18-8)10-3-4-14-11(5-10)12(13)15-17/h3-5,8-9,17H,6-7H2,1-2H3,(H2,13,15). The van der Waals surface area contributed by atoms with Crippen molar-refractivity contribution in [3.63, 3.8) is 0 Å². The Morgan fingerprint density at radius 3 is 2.78 bits per heavy atom. The Bertz CT molecular complexity index is 439. The van der Waals surface area contributed by atoms with Crippen LogP contribution in [0.5, 0.6) is 0 Å². The van der Waals surface area contributed by atoms with Gasteiger partial charge in [0.1, 0.15) is 5.69 Å². The van der Waals surface area contributed by atoms with Crippen molar-refractivity contribution in [2.75, 3.05) is 18.0 Å². The molecule has 18 heavy (non-hydrogen) atoms. The molecule has 6 nitrogen and oxygen atoms in total. The predicted molar refractivity (Wildman–Crippen MR) is 69.0 cm³/mol. The number of aromatic nitrogens is 1. The number of amidine groups is 1. The minimum absolute atomic E-state index is 0.0196. The number of oxime groups is 1. The zero-order chi connectivity index (χ0) is 13.1. The fourth-order valence-electron chi connectivity index (χ4n) is 2.20. The normalized spacial score (nSPS) is 25.2. The van der Waals surface area contributed by atoms with Gasteiger partial charge in [-0.25, -0.2) is 0 Å². The maximum Gasteiger partial charge on any atom is 0.188 e. The van der Waals surface area contributed by atoms with Gasteiger partial charge in [0.2, 0.25) is 0 Å². The summed E-state index contributed by atoms with van der Waals surface area (Å²) in [5, 5.41) is 11.6. The molecule has 6 heteroatoms. The van der Waals surface area contributed by atoms with Gasteiger partial charge in [0.15, 0.2) is 5.84 Å². The van der Waals surface area contributed by atoms with Crippen molar-refractivity contribution in [1.82, 2.24) is 4.98 Å². The van der Waals surface area contributed by atoms with Gasteiger partial charge in [-0.3, -0.25) is 4.98 Å². The van der Waals surface area contributed by atoms with E-state index >= 15 is 0 Å². The van der Waals surface area contributed by atoms with Crippen LogP contribution in [0.15, 0.2) is 23.5 Å². The Morgan fingerprint density at radius 2 is 2.17 bits per heavy atom. The second kappa shape index (κ2) is 5.22. The number of morpholine rings is 1. The largest absolute Gasteiger partial charge is 0.409 e. The first-order valence-corrected chi connectivity index (χ1v) is 5.94. The average molecular weight is 250 g/mol. The molecule has 1 saturated heterocycles. The van der Waals surface area contributed by atoms with Crippen molar-refractivity contribution in [2.45, 2.75) is 26.1 Å². The summed E-state index contributed by atoms with van der Waals surface area (Å²) in [6, 6.07) is 3.73. The van der Waals surface area contributed by atoms with E-state index in [4.69, 9.17) is 15.7 Å². The van der Waals surface area contributed by atoms with Crippen molar-refractivity contribution < 1.29 is 9.94 Å². The van der Waals surface area contributed by atoms with Crippen molar-refractivity contribution in [3.05, 3.63) is 24.0 Å².